The van der Waals surface area contributed by atoms with Gasteiger partial charge in [-0.15, -0.1) is 0 Å². The largest absolute Gasteiger partial charge is 0.396 e. The fourth-order valence-electron chi connectivity index (χ4n) is 7.47. The van der Waals surface area contributed by atoms with Gasteiger partial charge >= 0.3 is 15.2 Å². The van der Waals surface area contributed by atoms with Gasteiger partial charge < -0.3 is 48.9 Å². The summed E-state index contributed by atoms with van der Waals surface area (Å²) in [6.07, 6.45) is -2.63. The predicted octanol–water partition coefficient (Wildman–Crippen LogP) is 0.318. The van der Waals surface area contributed by atoms with Gasteiger partial charge in [-0.3, -0.25) is 23.0 Å². The van der Waals surface area contributed by atoms with Crippen LogP contribution in [0.1, 0.15) is 24.5 Å². The van der Waals surface area contributed by atoms with Crippen molar-refractivity contribution in [3.05, 3.63) is 35.2 Å². The number of aryl methyl sites for hydroxylation is 1. The molecule has 1 spiro atoms. The van der Waals surface area contributed by atoms with E-state index in [4.69, 9.17) is 28.6 Å². The van der Waals surface area contributed by atoms with Gasteiger partial charge in [-0.2, -0.15) is 12.6 Å². The van der Waals surface area contributed by atoms with Crippen LogP contribution >= 0.6 is 27.8 Å². The molecule has 4 fully saturated rings. The van der Waals surface area contributed by atoms with E-state index in [0.717, 1.165) is 0 Å². The fourth-order valence-corrected chi connectivity index (χ4v) is 10.5. The Morgan fingerprint density at radius 2 is 1.86 bits per heavy atom. The third-order valence-corrected chi connectivity index (χ3v) is 13.8. The monoisotopic (exact) mass is 741 g/mol. The van der Waals surface area contributed by atoms with Crippen molar-refractivity contribution >= 4 is 56.0 Å². The lowest BCUT2D eigenvalue weighted by molar-refractivity contribution is -0.0573. The highest BCUT2D eigenvalue weighted by molar-refractivity contribution is 7.88. The summed E-state index contributed by atoms with van der Waals surface area (Å²) in [5, 5.41) is 32.7. The lowest BCUT2D eigenvalue weighted by Crippen LogP contribution is -2.38. The number of aliphatic hydroxyl groups is 3. The van der Waals surface area contributed by atoms with Crippen LogP contribution in [0.25, 0.3) is 22.3 Å². The van der Waals surface area contributed by atoms with Gasteiger partial charge in [-0.05, 0) is 19.3 Å². The second-order valence-electron chi connectivity index (χ2n) is 12.7. The average molecular weight is 742 g/mol. The smallest absolute Gasteiger partial charge is 0.356 e. The Kier molecular flexibility index (Phi) is 8.08. The van der Waals surface area contributed by atoms with Gasteiger partial charge in [0.15, 0.2) is 28.9 Å². The highest BCUT2D eigenvalue weighted by atomic mass is 32.1. The molecule has 1 unspecified atom stereocenters. The first kappa shape index (κ1) is 33.3. The Labute approximate surface area is 281 Å². The molecule has 0 aromatic carbocycles. The zero-order valence-corrected chi connectivity index (χ0v) is 28.4. The number of aromatic nitrogens is 8. The van der Waals surface area contributed by atoms with Gasteiger partial charge in [0.25, 0.3) is 5.56 Å². The minimum absolute atomic E-state index is 0.00347. The molecule has 4 aromatic heterocycles. The van der Waals surface area contributed by atoms with Crippen molar-refractivity contribution < 1.29 is 47.3 Å². The van der Waals surface area contributed by atoms with Crippen LogP contribution in [0, 0.1) is 24.2 Å². The maximum Gasteiger partial charge on any atom is 0.356 e. The zero-order chi connectivity index (χ0) is 34.5. The molecule has 2 saturated carbocycles. The highest BCUT2D eigenvalue weighted by Gasteiger charge is 2.74. The number of H-pyrrole nitrogens is 1. The van der Waals surface area contributed by atoms with E-state index in [2.05, 4.69) is 42.5 Å². The van der Waals surface area contributed by atoms with Crippen LogP contribution in [0.15, 0.2) is 23.8 Å². The number of nitrogens with two attached hydrogens (primary N) is 1. The third-order valence-electron chi connectivity index (χ3n) is 9.92. The molecule has 2 aliphatic carbocycles. The molecule has 20 nitrogen and oxygen atoms in total. The van der Waals surface area contributed by atoms with Gasteiger partial charge in [0, 0.05) is 11.3 Å². The molecule has 4 aromatic rings. The maximum atomic E-state index is 14.2. The molecule has 23 heteroatoms. The molecule has 49 heavy (non-hydrogen) atoms. The highest BCUT2D eigenvalue weighted by Crippen LogP contribution is 2.72. The lowest BCUT2D eigenvalue weighted by Gasteiger charge is -2.32. The third kappa shape index (κ3) is 5.21. The minimum Gasteiger partial charge on any atom is -0.396 e. The molecule has 2 aliphatic heterocycles. The first-order valence-corrected chi connectivity index (χ1v) is 19.4. The van der Waals surface area contributed by atoms with Crippen LogP contribution in [0.3, 0.4) is 0 Å². The summed E-state index contributed by atoms with van der Waals surface area (Å²) >= 11 is 4.27. The van der Waals surface area contributed by atoms with Crippen LogP contribution in [-0.2, 0) is 32.0 Å². The molecular weight excluding hydrogens is 708 g/mol. The SMILES string of the molecule is Cc1nc2c(ncn2[C@@H]2O[C@@H]3CO[P@](=O)(CS)O[C@H]4[C@@H](O)[C@H](n5cnc6c(N)ncnc65)[C@H]5CC54CO[P@](=O)(CO)O[C@@H]2[C@@H]3CO)c(=O)[nH]1. The quantitative estimate of drug-likeness (QED) is 0.119. The van der Waals surface area contributed by atoms with E-state index < -0.39 is 88.3 Å². The van der Waals surface area contributed by atoms with Crippen LogP contribution in [0.5, 0.6) is 0 Å². The van der Waals surface area contributed by atoms with Crippen molar-refractivity contribution in [2.24, 2.45) is 17.3 Å². The van der Waals surface area contributed by atoms with Crippen LogP contribution in [0.2, 0.25) is 0 Å². The number of imidazole rings is 2. The molecular formula is C26H33N9O11P2S. The van der Waals surface area contributed by atoms with E-state index >= 15 is 0 Å². The maximum absolute atomic E-state index is 14.2. The second-order valence-corrected chi connectivity index (χ2v) is 17.5. The summed E-state index contributed by atoms with van der Waals surface area (Å²) in [4.78, 5) is 36.3. The normalized spacial score (nSPS) is 39.3. The molecule has 264 valence electrons. The summed E-state index contributed by atoms with van der Waals surface area (Å²) in [5.74, 6) is -0.908. The van der Waals surface area contributed by atoms with Gasteiger partial charge in [-0.1, -0.05) is 0 Å². The first-order chi connectivity index (χ1) is 23.4. The number of hydrogen-bond acceptors (Lipinski definition) is 18. The number of thiol groups is 1. The van der Waals surface area contributed by atoms with Crippen LogP contribution in [0.4, 0.5) is 5.82 Å². The Morgan fingerprint density at radius 1 is 1.08 bits per heavy atom. The Hall–Kier alpha value is -2.81. The van der Waals surface area contributed by atoms with Crippen molar-refractivity contribution in [1.29, 1.82) is 0 Å². The van der Waals surface area contributed by atoms with Gasteiger partial charge in [0.1, 0.15) is 42.3 Å². The van der Waals surface area contributed by atoms with Gasteiger partial charge in [0.05, 0.1) is 50.1 Å². The number of nitrogens with one attached hydrogen (secondary N) is 1. The number of aromatic amines is 1. The zero-order valence-electron chi connectivity index (χ0n) is 25.8. The predicted molar refractivity (Wildman–Crippen MR) is 170 cm³/mol. The van der Waals surface area contributed by atoms with Crippen LogP contribution in [-0.4, -0.2) is 110 Å². The van der Waals surface area contributed by atoms with E-state index in [9.17, 15) is 29.2 Å². The van der Waals surface area contributed by atoms with E-state index in [1.165, 1.54) is 23.5 Å². The lowest BCUT2D eigenvalue weighted by atomic mass is 9.99. The minimum atomic E-state index is -4.40. The molecule has 6 N–H and O–H groups in total. The Balaban J connectivity index is 1.18. The molecule has 11 atom stereocenters. The van der Waals surface area contributed by atoms with Crippen molar-refractivity contribution in [2.45, 2.75) is 50.0 Å². The molecule has 4 aliphatic rings. The van der Waals surface area contributed by atoms with Crippen LogP contribution < -0.4 is 11.3 Å². The number of nitrogens with zero attached hydrogens (tertiary/aromatic N) is 7. The average Bonchev–Trinajstić information content (AvgIpc) is 3.39. The Bertz CT molecular complexity index is 2100. The molecule has 0 amide bonds. The fraction of sp³-hybridized carbons (Fsp3) is 0.615. The summed E-state index contributed by atoms with van der Waals surface area (Å²) in [6.45, 7) is 0.249. The summed E-state index contributed by atoms with van der Waals surface area (Å²) < 4.78 is 61.8. The Morgan fingerprint density at radius 3 is 2.61 bits per heavy atom. The van der Waals surface area contributed by atoms with Gasteiger partial charge in [0.2, 0.25) is 0 Å². The first-order valence-electron chi connectivity index (χ1n) is 15.3. The summed E-state index contributed by atoms with van der Waals surface area (Å²) in [6, 6.07) is -0.708. The van der Waals surface area contributed by atoms with E-state index in [1.54, 1.807) is 11.5 Å². The van der Waals surface area contributed by atoms with Crippen molar-refractivity contribution in [3.63, 3.8) is 0 Å². The summed E-state index contributed by atoms with van der Waals surface area (Å²) in [5.41, 5.74) is 4.86. The standard InChI is InChI=1S/C26H33N9O11P2S/c1-11-32-23-16(24(39)33-11)31-8-35(23)25-19-12(3-36)14(44-25)4-42-48(41,10-49)46-20-18(38)17(34-7-30-15-21(27)28-6-29-22(15)34)13-2-26(13,20)5-43-47(40,9-37)45-19/h6-8,12-14,17-20,25,36-38,49H,2-5,9-10H2,1H3,(H2,27,28,29)(H,32,33,39)/t12-,13-,14-,17-,18+,19-,20+,25-,26?,47-,48-/m1/s1. The number of anilines is 1. The number of nitrogen functional groups attached to an aromatic ring is 1. The topological polar surface area (TPSA) is 274 Å². The molecule has 2 bridgehead atoms. The number of ether oxygens (including phenoxy) is 1. The molecule has 0 radical (unpaired) electrons. The van der Waals surface area contributed by atoms with E-state index in [-0.39, 0.29) is 40.8 Å². The summed E-state index contributed by atoms with van der Waals surface area (Å²) in [7, 11) is -8.50. The van der Waals surface area contributed by atoms with E-state index in [1.807, 2.05) is 0 Å². The number of fused-ring (bicyclic) bond motifs is 4. The van der Waals surface area contributed by atoms with Gasteiger partial charge in [-0.25, -0.2) is 24.9 Å². The number of hydrogen-bond donors (Lipinski definition) is 6. The second kappa shape index (κ2) is 11.9. The van der Waals surface area contributed by atoms with Crippen molar-refractivity contribution in [2.75, 3.05) is 37.4 Å². The number of aliphatic hydroxyl groups excluding tert-OH is 3. The van der Waals surface area contributed by atoms with E-state index in [0.29, 0.717) is 17.6 Å². The van der Waals surface area contributed by atoms with Crippen molar-refractivity contribution in [1.82, 2.24) is 39.0 Å². The molecule has 2 saturated heterocycles. The van der Waals surface area contributed by atoms with Crippen molar-refractivity contribution in [3.8, 4) is 0 Å². The molecule has 8 rings (SSSR count). The number of rotatable bonds is 5. The molecule has 6 heterocycles.